The lowest BCUT2D eigenvalue weighted by Gasteiger charge is -2.39. The lowest BCUT2D eigenvalue weighted by Crippen LogP contribution is -2.51. The molecule has 3 aliphatic rings. The van der Waals surface area contributed by atoms with Crippen LogP contribution in [0, 0.1) is 24.1 Å². The van der Waals surface area contributed by atoms with E-state index >= 15 is 4.39 Å². The van der Waals surface area contributed by atoms with E-state index in [-0.39, 0.29) is 42.5 Å². The van der Waals surface area contributed by atoms with Crippen LogP contribution in [0.4, 0.5) is 14.6 Å². The van der Waals surface area contributed by atoms with Gasteiger partial charge in [-0.1, -0.05) is 45.3 Å². The Morgan fingerprint density at radius 2 is 2.02 bits per heavy atom. The zero-order chi connectivity index (χ0) is 37.4. The molecular weight excluding hydrogens is 668 g/mol. The minimum atomic E-state index is -0.963. The second-order valence-corrected chi connectivity index (χ2v) is 14.9. The molecule has 2 aliphatic heterocycles. The summed E-state index contributed by atoms with van der Waals surface area (Å²) in [6.07, 6.45) is 10.4. The van der Waals surface area contributed by atoms with E-state index in [1.54, 1.807) is 44.0 Å². The van der Waals surface area contributed by atoms with Crippen LogP contribution < -0.4 is 19.5 Å². The average molecular weight is 716 g/mol. The number of nitrogens with zero attached hydrogens (tertiary/aromatic N) is 4. The molecule has 3 atom stereocenters. The summed E-state index contributed by atoms with van der Waals surface area (Å²) in [5, 5.41) is 4.63. The molecule has 6 rings (SSSR count). The van der Waals surface area contributed by atoms with Gasteiger partial charge in [0.2, 0.25) is 5.91 Å². The molecule has 12 heteroatoms. The molecule has 0 spiro atoms. The van der Waals surface area contributed by atoms with Crippen LogP contribution in [-0.2, 0) is 16.0 Å². The number of esters is 1. The van der Waals surface area contributed by atoms with E-state index in [4.69, 9.17) is 30.6 Å². The Labute approximate surface area is 303 Å². The predicted octanol–water partition coefficient (Wildman–Crippen LogP) is 6.21. The number of rotatable bonds is 11. The van der Waals surface area contributed by atoms with Crippen LogP contribution in [0.5, 0.6) is 17.5 Å². The first-order chi connectivity index (χ1) is 24.8. The molecular formula is C40H47F2N5O5. The van der Waals surface area contributed by atoms with E-state index in [0.29, 0.717) is 65.3 Å². The number of carbonyl (C=O) groups excluding carboxylic acids is 2. The topological polar surface area (TPSA) is 106 Å². The largest absolute Gasteiger partial charge is 0.487 e. The highest BCUT2D eigenvalue weighted by molar-refractivity contribution is 5.93. The zero-order valence-corrected chi connectivity index (χ0v) is 30.6. The summed E-state index contributed by atoms with van der Waals surface area (Å²) in [7, 11) is 3.66. The number of aromatic nitrogens is 2. The first-order valence-electron chi connectivity index (χ1n) is 17.9. The van der Waals surface area contributed by atoms with Crippen LogP contribution in [0.15, 0.2) is 36.9 Å². The number of carbonyl (C=O) groups is 2. The van der Waals surface area contributed by atoms with E-state index in [0.717, 1.165) is 25.7 Å². The molecule has 1 aliphatic carbocycles. The van der Waals surface area contributed by atoms with Crippen molar-refractivity contribution in [3.8, 4) is 29.9 Å². The molecule has 1 saturated heterocycles. The maximum atomic E-state index is 15.1. The van der Waals surface area contributed by atoms with Gasteiger partial charge in [0.05, 0.1) is 34.9 Å². The third kappa shape index (κ3) is 7.16. The van der Waals surface area contributed by atoms with Crippen molar-refractivity contribution in [3.05, 3.63) is 59.6 Å². The third-order valence-corrected chi connectivity index (χ3v) is 11.0. The van der Waals surface area contributed by atoms with Crippen molar-refractivity contribution in [3.63, 3.8) is 0 Å². The molecule has 3 aromatic rings. The van der Waals surface area contributed by atoms with E-state index in [9.17, 15) is 14.0 Å². The Kier molecular flexibility index (Phi) is 10.5. The fourth-order valence-electron chi connectivity index (χ4n) is 7.71. The van der Waals surface area contributed by atoms with Gasteiger partial charge in [0.15, 0.2) is 11.6 Å². The maximum absolute atomic E-state index is 15.1. The summed E-state index contributed by atoms with van der Waals surface area (Å²) in [4.78, 5) is 38.6. The number of ether oxygens (including phenoxy) is 3. The van der Waals surface area contributed by atoms with Crippen LogP contribution in [0.3, 0.4) is 0 Å². The molecule has 2 aromatic carbocycles. The van der Waals surface area contributed by atoms with Crippen LogP contribution in [-0.4, -0.2) is 89.3 Å². The highest BCUT2D eigenvalue weighted by Gasteiger charge is 2.42. The Morgan fingerprint density at radius 3 is 2.67 bits per heavy atom. The molecule has 2 fully saturated rings. The number of hydrogen-bond donors (Lipinski definition) is 1. The van der Waals surface area contributed by atoms with Gasteiger partial charge in [0.1, 0.15) is 24.3 Å². The van der Waals surface area contributed by atoms with Crippen molar-refractivity contribution in [1.82, 2.24) is 19.8 Å². The van der Waals surface area contributed by atoms with Crippen molar-refractivity contribution in [2.24, 2.45) is 5.92 Å². The van der Waals surface area contributed by atoms with Gasteiger partial charge >= 0.3 is 12.0 Å². The fourth-order valence-corrected chi connectivity index (χ4v) is 7.71. The van der Waals surface area contributed by atoms with Crippen LogP contribution in [0.1, 0.15) is 75.6 Å². The molecule has 276 valence electrons. The zero-order valence-electron chi connectivity index (χ0n) is 30.6. The molecule has 1 amide bonds. The van der Waals surface area contributed by atoms with Gasteiger partial charge in [-0.15, -0.1) is 6.42 Å². The number of alkyl halides is 1. The van der Waals surface area contributed by atoms with E-state index in [1.165, 1.54) is 12.1 Å². The summed E-state index contributed by atoms with van der Waals surface area (Å²) < 4.78 is 47.9. The predicted molar refractivity (Wildman–Crippen MR) is 195 cm³/mol. The monoisotopic (exact) mass is 715 g/mol. The van der Waals surface area contributed by atoms with Crippen molar-refractivity contribution < 1.29 is 32.6 Å². The first kappa shape index (κ1) is 37.0. The van der Waals surface area contributed by atoms with Gasteiger partial charge in [-0.25, -0.2) is 8.78 Å². The number of benzene rings is 2. The third-order valence-electron chi connectivity index (χ3n) is 11.0. The van der Waals surface area contributed by atoms with Gasteiger partial charge in [-0.3, -0.25) is 14.5 Å². The quantitative estimate of drug-likeness (QED) is 0.107. The fraction of sp³-hybridized carbons (Fsp3) is 0.500. The van der Waals surface area contributed by atoms with Crippen LogP contribution in [0.25, 0.3) is 10.8 Å². The minimum absolute atomic E-state index is 0.0956. The molecule has 3 heterocycles. The highest BCUT2D eigenvalue weighted by atomic mass is 19.1. The van der Waals surface area contributed by atoms with Gasteiger partial charge in [-0.2, -0.15) is 9.97 Å². The number of likely N-dealkylation sites (N-methyl/N-ethyl adjacent to an activating group) is 2. The van der Waals surface area contributed by atoms with E-state index < -0.39 is 29.0 Å². The van der Waals surface area contributed by atoms with E-state index in [1.807, 2.05) is 18.9 Å². The number of anilines is 1. The molecule has 0 bridgehead atoms. The minimum Gasteiger partial charge on any atom is -0.487 e. The van der Waals surface area contributed by atoms with Crippen molar-refractivity contribution >= 4 is 28.5 Å². The molecule has 1 saturated carbocycles. The number of terminal acetylenes is 1. The Balaban J connectivity index is 1.39. The number of hydrogen-bond acceptors (Lipinski definition) is 9. The van der Waals surface area contributed by atoms with Crippen molar-refractivity contribution in [2.45, 2.75) is 82.5 Å². The molecule has 0 unspecified atom stereocenters. The number of amides is 1. The van der Waals surface area contributed by atoms with Crippen molar-refractivity contribution in [1.29, 1.82) is 0 Å². The standard InChI is InChI=1S/C40H47F2N5O5/c1-8-29-31(42)13-12-25-16-28(52-37(49)24(3)4)18-30(34(25)29)26-17-32-35(50-21-26)36(43-22-40(14-10-11-15-40)47(7)33(48)9-2)45-38(44-32)51-23-39(5)19-27(41)20-46(39)6/h1,9,12-13,16,18,24,26-27H,2,10-11,14-15,17,19-23H2,3-7H3,(H,43,44,45)/t26-,27-,39+/m1/s1. The molecule has 0 radical (unpaired) electrons. The number of nitrogens with one attached hydrogen (secondary N) is 1. The summed E-state index contributed by atoms with van der Waals surface area (Å²) in [6, 6.07) is 6.42. The van der Waals surface area contributed by atoms with Crippen LogP contribution in [0.2, 0.25) is 0 Å². The number of halogens is 2. The molecule has 1 N–H and O–H groups in total. The summed E-state index contributed by atoms with van der Waals surface area (Å²) in [5.74, 6) is 1.85. The Hall–Kier alpha value is -4.76. The van der Waals surface area contributed by atoms with Crippen molar-refractivity contribution in [2.75, 3.05) is 45.7 Å². The average Bonchev–Trinajstić information content (AvgIpc) is 3.71. The summed E-state index contributed by atoms with van der Waals surface area (Å²) in [5.41, 5.74) is 0.287. The van der Waals surface area contributed by atoms with Gasteiger partial charge in [0, 0.05) is 44.3 Å². The summed E-state index contributed by atoms with van der Waals surface area (Å²) in [6.45, 7) is 10.2. The van der Waals surface area contributed by atoms with E-state index in [2.05, 4.69) is 17.8 Å². The number of fused-ring (bicyclic) bond motifs is 2. The first-order valence-corrected chi connectivity index (χ1v) is 17.9. The molecule has 1 aromatic heterocycles. The lowest BCUT2D eigenvalue weighted by atomic mass is 9.86. The number of likely N-dealkylation sites (tertiary alicyclic amines) is 1. The van der Waals surface area contributed by atoms with Gasteiger partial charge < -0.3 is 24.4 Å². The highest BCUT2D eigenvalue weighted by Crippen LogP contribution is 2.43. The van der Waals surface area contributed by atoms with Gasteiger partial charge in [0.25, 0.3) is 0 Å². The second-order valence-electron chi connectivity index (χ2n) is 14.9. The second kappa shape index (κ2) is 14.7. The Morgan fingerprint density at radius 1 is 1.27 bits per heavy atom. The maximum Gasteiger partial charge on any atom is 0.318 e. The summed E-state index contributed by atoms with van der Waals surface area (Å²) >= 11 is 0. The molecule has 10 nitrogen and oxygen atoms in total. The Bertz CT molecular complexity index is 1920. The lowest BCUT2D eigenvalue weighted by molar-refractivity contribution is -0.137. The smallest absolute Gasteiger partial charge is 0.318 e. The van der Waals surface area contributed by atoms with Crippen LogP contribution >= 0.6 is 0 Å². The normalized spacial score (nSPS) is 22.4. The SMILES string of the molecule is C#Cc1c(F)ccc2cc(OC(=O)C(C)C)cc([C@H]3COc4c(nc(OC[C@]5(C)C[C@@H](F)CN5C)nc4NCC4(N(C)C(=O)C=C)CCCC4)C3)c12. The molecule has 52 heavy (non-hydrogen) atoms. The van der Waals surface area contributed by atoms with Gasteiger partial charge in [-0.05, 0) is 62.0 Å².